The first-order valence-electron chi connectivity index (χ1n) is 6.25. The van der Waals surface area contributed by atoms with Crippen molar-refractivity contribution >= 4 is 10.0 Å². The first kappa shape index (κ1) is 13.5. The second-order valence-electron chi connectivity index (χ2n) is 4.62. The van der Waals surface area contributed by atoms with Gasteiger partial charge in [0.15, 0.2) is 0 Å². The van der Waals surface area contributed by atoms with Gasteiger partial charge in [0.2, 0.25) is 10.0 Å². The molecule has 7 heteroatoms. The Hall–Kier alpha value is -0.920. The van der Waals surface area contributed by atoms with Gasteiger partial charge in [-0.05, 0) is 32.0 Å². The van der Waals surface area contributed by atoms with E-state index < -0.39 is 10.0 Å². The summed E-state index contributed by atoms with van der Waals surface area (Å²) in [6.07, 6.45) is 3.87. The van der Waals surface area contributed by atoms with Gasteiger partial charge >= 0.3 is 0 Å². The van der Waals surface area contributed by atoms with Crippen LogP contribution in [0.25, 0.3) is 0 Å². The molecule has 6 nitrogen and oxygen atoms in total. The highest BCUT2D eigenvalue weighted by Crippen LogP contribution is 2.11. The molecule has 18 heavy (non-hydrogen) atoms. The molecule has 0 bridgehead atoms. The number of hydrogen-bond donors (Lipinski definition) is 2. The minimum atomic E-state index is -3.17. The third kappa shape index (κ3) is 3.54. The maximum Gasteiger partial charge on any atom is 0.214 e. The van der Waals surface area contributed by atoms with Crippen LogP contribution < -0.4 is 10.0 Å². The lowest BCUT2D eigenvalue weighted by Gasteiger charge is -2.22. The summed E-state index contributed by atoms with van der Waals surface area (Å²) in [5.74, 6) is 0. The van der Waals surface area contributed by atoms with Gasteiger partial charge in [0.05, 0.1) is 10.9 Å². The van der Waals surface area contributed by atoms with Crippen molar-refractivity contribution in [3.8, 4) is 0 Å². The summed E-state index contributed by atoms with van der Waals surface area (Å²) >= 11 is 0. The van der Waals surface area contributed by atoms with E-state index in [2.05, 4.69) is 15.1 Å². The van der Waals surface area contributed by atoms with Crippen LogP contribution in [0.5, 0.6) is 0 Å². The Labute approximate surface area is 108 Å². The van der Waals surface area contributed by atoms with Crippen LogP contribution in [0.2, 0.25) is 0 Å². The standard InChI is InChI=1S/C11H20N4O2S/c1-15-9-5-10(14-15)2-8-13-18(16,17)11-3-6-12-7-4-11/h5,9,11-13H,2-4,6-8H2,1H3. The summed E-state index contributed by atoms with van der Waals surface area (Å²) < 4.78 is 28.4. The molecule has 0 unspecified atom stereocenters. The Morgan fingerprint density at radius 1 is 1.50 bits per heavy atom. The lowest BCUT2D eigenvalue weighted by atomic mass is 10.2. The molecule has 1 aliphatic heterocycles. The number of piperidine rings is 1. The Bertz CT molecular complexity index is 477. The fourth-order valence-corrected chi connectivity index (χ4v) is 3.62. The summed E-state index contributed by atoms with van der Waals surface area (Å²) in [6, 6.07) is 1.90. The van der Waals surface area contributed by atoms with Crippen LogP contribution in [-0.4, -0.2) is 43.1 Å². The molecule has 2 N–H and O–H groups in total. The van der Waals surface area contributed by atoms with Gasteiger partial charge in [0.1, 0.15) is 0 Å². The van der Waals surface area contributed by atoms with E-state index in [0.29, 0.717) is 25.8 Å². The molecule has 1 fully saturated rings. The predicted octanol–water partition coefficient (Wildman–Crippen LogP) is -0.366. The van der Waals surface area contributed by atoms with Gasteiger partial charge in [-0.25, -0.2) is 13.1 Å². The van der Waals surface area contributed by atoms with E-state index >= 15 is 0 Å². The average Bonchev–Trinajstić information content (AvgIpc) is 2.76. The maximum atomic E-state index is 12.0. The van der Waals surface area contributed by atoms with Crippen LogP contribution in [-0.2, 0) is 23.5 Å². The van der Waals surface area contributed by atoms with Crippen molar-refractivity contribution in [2.75, 3.05) is 19.6 Å². The molecule has 0 atom stereocenters. The van der Waals surface area contributed by atoms with Crippen molar-refractivity contribution in [2.45, 2.75) is 24.5 Å². The predicted molar refractivity (Wildman–Crippen MR) is 69.7 cm³/mol. The van der Waals surface area contributed by atoms with Gasteiger partial charge in [0.25, 0.3) is 0 Å². The van der Waals surface area contributed by atoms with Gasteiger partial charge in [-0.1, -0.05) is 0 Å². The molecule has 1 saturated heterocycles. The minimum Gasteiger partial charge on any atom is -0.317 e. The zero-order valence-electron chi connectivity index (χ0n) is 10.6. The highest BCUT2D eigenvalue weighted by Gasteiger charge is 2.26. The van der Waals surface area contributed by atoms with Crippen molar-refractivity contribution in [3.63, 3.8) is 0 Å². The highest BCUT2D eigenvalue weighted by atomic mass is 32.2. The van der Waals surface area contributed by atoms with Crippen molar-refractivity contribution in [2.24, 2.45) is 7.05 Å². The van der Waals surface area contributed by atoms with Crippen LogP contribution in [0.1, 0.15) is 18.5 Å². The fourth-order valence-electron chi connectivity index (χ4n) is 2.14. The van der Waals surface area contributed by atoms with Gasteiger partial charge in [-0.15, -0.1) is 0 Å². The molecule has 0 saturated carbocycles. The number of sulfonamides is 1. The van der Waals surface area contributed by atoms with Crippen LogP contribution in [0.4, 0.5) is 0 Å². The number of nitrogens with zero attached hydrogens (tertiary/aromatic N) is 2. The van der Waals surface area contributed by atoms with Crippen molar-refractivity contribution in [1.82, 2.24) is 19.8 Å². The maximum absolute atomic E-state index is 12.0. The SMILES string of the molecule is Cn1ccc(CCNS(=O)(=O)C2CCNCC2)n1. The fraction of sp³-hybridized carbons (Fsp3) is 0.727. The zero-order valence-corrected chi connectivity index (χ0v) is 11.4. The van der Waals surface area contributed by atoms with E-state index in [1.807, 2.05) is 19.3 Å². The smallest absolute Gasteiger partial charge is 0.214 e. The summed E-state index contributed by atoms with van der Waals surface area (Å²) in [5.41, 5.74) is 0.908. The number of nitrogens with one attached hydrogen (secondary N) is 2. The molecule has 102 valence electrons. The van der Waals surface area contributed by atoms with Crippen LogP contribution in [0.15, 0.2) is 12.3 Å². The molecule has 0 radical (unpaired) electrons. The van der Waals surface area contributed by atoms with E-state index in [-0.39, 0.29) is 5.25 Å². The molecule has 1 aliphatic rings. The second kappa shape index (κ2) is 5.81. The highest BCUT2D eigenvalue weighted by molar-refractivity contribution is 7.90. The molecular weight excluding hydrogens is 252 g/mol. The Balaban J connectivity index is 1.81. The van der Waals surface area contributed by atoms with Crippen LogP contribution in [0.3, 0.4) is 0 Å². The number of hydrogen-bond acceptors (Lipinski definition) is 4. The molecule has 0 amide bonds. The normalized spacial score (nSPS) is 18.1. The van der Waals surface area contributed by atoms with Gasteiger partial charge in [-0.2, -0.15) is 5.10 Å². The van der Waals surface area contributed by atoms with Gasteiger partial charge in [-0.3, -0.25) is 4.68 Å². The Morgan fingerprint density at radius 2 is 2.22 bits per heavy atom. The summed E-state index contributed by atoms with van der Waals surface area (Å²) in [5, 5.41) is 7.13. The molecule has 0 aliphatic carbocycles. The molecule has 1 aromatic heterocycles. The second-order valence-corrected chi connectivity index (χ2v) is 6.66. The van der Waals surface area contributed by atoms with Crippen molar-refractivity contribution < 1.29 is 8.42 Å². The summed E-state index contributed by atoms with van der Waals surface area (Å²) in [4.78, 5) is 0. The molecular formula is C11H20N4O2S. The largest absolute Gasteiger partial charge is 0.317 e. The number of rotatable bonds is 5. The topological polar surface area (TPSA) is 76.0 Å². The van der Waals surface area contributed by atoms with E-state index in [4.69, 9.17) is 0 Å². The molecule has 1 aromatic rings. The van der Waals surface area contributed by atoms with Gasteiger partial charge < -0.3 is 5.32 Å². The Kier molecular flexibility index (Phi) is 4.36. The molecule has 2 heterocycles. The Morgan fingerprint density at radius 3 is 2.83 bits per heavy atom. The monoisotopic (exact) mass is 272 g/mol. The number of aromatic nitrogens is 2. The molecule has 0 aromatic carbocycles. The lowest BCUT2D eigenvalue weighted by Crippen LogP contribution is -2.42. The summed E-state index contributed by atoms with van der Waals surface area (Å²) in [7, 11) is -1.32. The van der Waals surface area contributed by atoms with Crippen LogP contribution in [0, 0.1) is 0 Å². The van der Waals surface area contributed by atoms with Crippen molar-refractivity contribution in [1.29, 1.82) is 0 Å². The quantitative estimate of drug-likeness (QED) is 0.767. The van der Waals surface area contributed by atoms with E-state index in [0.717, 1.165) is 18.8 Å². The van der Waals surface area contributed by atoms with E-state index in [9.17, 15) is 8.42 Å². The molecule has 0 spiro atoms. The van der Waals surface area contributed by atoms with E-state index in [1.54, 1.807) is 4.68 Å². The average molecular weight is 272 g/mol. The third-order valence-electron chi connectivity index (χ3n) is 3.18. The first-order chi connectivity index (χ1) is 8.58. The van der Waals surface area contributed by atoms with Crippen molar-refractivity contribution in [3.05, 3.63) is 18.0 Å². The van der Waals surface area contributed by atoms with Gasteiger partial charge in [0, 0.05) is 26.2 Å². The third-order valence-corrected chi connectivity index (χ3v) is 5.13. The summed E-state index contributed by atoms with van der Waals surface area (Å²) in [6.45, 7) is 1.99. The van der Waals surface area contributed by atoms with E-state index in [1.165, 1.54) is 0 Å². The number of aryl methyl sites for hydroxylation is 1. The lowest BCUT2D eigenvalue weighted by molar-refractivity contribution is 0.489. The zero-order chi connectivity index (χ0) is 13.0. The first-order valence-corrected chi connectivity index (χ1v) is 7.80. The van der Waals surface area contributed by atoms with Crippen LogP contribution >= 0.6 is 0 Å². The molecule has 2 rings (SSSR count). The minimum absolute atomic E-state index is 0.248.